The van der Waals surface area contributed by atoms with E-state index in [9.17, 15) is 9.90 Å². The van der Waals surface area contributed by atoms with Gasteiger partial charge in [0.05, 0.1) is 0 Å². The summed E-state index contributed by atoms with van der Waals surface area (Å²) < 4.78 is 0. The average molecular weight is 324 g/mol. The van der Waals surface area contributed by atoms with Crippen LogP contribution in [-0.2, 0) is 11.2 Å². The first kappa shape index (κ1) is 16.5. The first-order valence-corrected chi connectivity index (χ1v) is 8.41. The van der Waals surface area contributed by atoms with E-state index in [0.717, 1.165) is 41.8 Å². The van der Waals surface area contributed by atoms with Crippen LogP contribution in [0.25, 0.3) is 0 Å². The van der Waals surface area contributed by atoms with Crippen molar-refractivity contribution >= 4 is 11.6 Å². The maximum atomic E-state index is 12.8. The molecule has 0 radical (unpaired) electrons. The fourth-order valence-electron chi connectivity index (χ4n) is 3.73. The van der Waals surface area contributed by atoms with Crippen LogP contribution in [0.2, 0.25) is 0 Å². The molecule has 1 aliphatic rings. The van der Waals surface area contributed by atoms with E-state index in [1.54, 1.807) is 12.1 Å². The SMILES string of the molecule is Cc1cc(O)cc(C)c1C(N)CC(=O)N1CCCc2ccccc21. The molecule has 24 heavy (non-hydrogen) atoms. The topological polar surface area (TPSA) is 66.6 Å². The van der Waals surface area contributed by atoms with Crippen LogP contribution in [0.4, 0.5) is 5.69 Å². The van der Waals surface area contributed by atoms with E-state index in [-0.39, 0.29) is 24.1 Å². The van der Waals surface area contributed by atoms with Gasteiger partial charge in [-0.15, -0.1) is 0 Å². The molecule has 0 saturated heterocycles. The van der Waals surface area contributed by atoms with Gasteiger partial charge in [0.1, 0.15) is 5.75 Å². The number of nitrogens with two attached hydrogens (primary N) is 1. The molecule has 1 unspecified atom stereocenters. The lowest BCUT2D eigenvalue weighted by Crippen LogP contribution is -2.37. The van der Waals surface area contributed by atoms with Crippen molar-refractivity contribution in [2.45, 2.75) is 39.2 Å². The molecule has 1 atom stereocenters. The number of para-hydroxylation sites is 1. The zero-order valence-electron chi connectivity index (χ0n) is 14.2. The highest BCUT2D eigenvalue weighted by Crippen LogP contribution is 2.30. The highest BCUT2D eigenvalue weighted by atomic mass is 16.3. The first-order chi connectivity index (χ1) is 11.5. The van der Waals surface area contributed by atoms with E-state index in [1.807, 2.05) is 36.9 Å². The predicted molar refractivity (Wildman–Crippen MR) is 96.2 cm³/mol. The number of amides is 1. The Morgan fingerprint density at radius 1 is 1.25 bits per heavy atom. The summed E-state index contributed by atoms with van der Waals surface area (Å²) in [6, 6.07) is 11.1. The molecule has 0 bridgehead atoms. The fourth-order valence-corrected chi connectivity index (χ4v) is 3.73. The van der Waals surface area contributed by atoms with Crippen LogP contribution >= 0.6 is 0 Å². The predicted octanol–water partition coefficient (Wildman–Crippen LogP) is 3.38. The number of phenols is 1. The third kappa shape index (κ3) is 3.15. The number of aryl methyl sites for hydroxylation is 3. The van der Waals surface area contributed by atoms with Crippen LogP contribution in [0.3, 0.4) is 0 Å². The first-order valence-electron chi connectivity index (χ1n) is 8.41. The summed E-state index contributed by atoms with van der Waals surface area (Å²) >= 11 is 0. The molecule has 4 nitrogen and oxygen atoms in total. The summed E-state index contributed by atoms with van der Waals surface area (Å²) in [7, 11) is 0. The van der Waals surface area contributed by atoms with E-state index in [2.05, 4.69) is 6.07 Å². The van der Waals surface area contributed by atoms with E-state index in [1.165, 1.54) is 5.56 Å². The third-order valence-electron chi connectivity index (χ3n) is 4.76. The minimum Gasteiger partial charge on any atom is -0.508 e. The molecule has 0 aromatic heterocycles. The monoisotopic (exact) mass is 324 g/mol. The average Bonchev–Trinajstić information content (AvgIpc) is 2.53. The van der Waals surface area contributed by atoms with Gasteiger partial charge in [0, 0.05) is 24.7 Å². The molecule has 0 spiro atoms. The number of carbonyl (C=O) groups excluding carboxylic acids is 1. The van der Waals surface area contributed by atoms with Crippen LogP contribution < -0.4 is 10.6 Å². The number of carbonyl (C=O) groups is 1. The summed E-state index contributed by atoms with van der Waals surface area (Å²) in [6.07, 6.45) is 2.26. The van der Waals surface area contributed by atoms with Gasteiger partial charge in [0.15, 0.2) is 0 Å². The number of anilines is 1. The van der Waals surface area contributed by atoms with E-state index >= 15 is 0 Å². The molecule has 2 aromatic carbocycles. The van der Waals surface area contributed by atoms with Crippen molar-refractivity contribution in [2.24, 2.45) is 5.73 Å². The van der Waals surface area contributed by atoms with Gasteiger partial charge in [-0.3, -0.25) is 4.79 Å². The van der Waals surface area contributed by atoms with Gasteiger partial charge in [-0.25, -0.2) is 0 Å². The molecule has 4 heteroatoms. The summed E-state index contributed by atoms with van der Waals surface area (Å²) in [5, 5.41) is 9.68. The van der Waals surface area contributed by atoms with E-state index < -0.39 is 0 Å². The summed E-state index contributed by atoms with van der Waals surface area (Å²) in [5.41, 5.74) is 11.4. The number of hydrogen-bond acceptors (Lipinski definition) is 3. The summed E-state index contributed by atoms with van der Waals surface area (Å²) in [6.45, 7) is 4.58. The Labute approximate surface area is 142 Å². The molecule has 1 aliphatic heterocycles. The number of aromatic hydroxyl groups is 1. The van der Waals surface area contributed by atoms with Crippen LogP contribution in [0, 0.1) is 13.8 Å². The normalized spacial score (nSPS) is 15.0. The van der Waals surface area contributed by atoms with Crippen LogP contribution in [0.15, 0.2) is 36.4 Å². The lowest BCUT2D eigenvalue weighted by atomic mass is 9.93. The lowest BCUT2D eigenvalue weighted by molar-refractivity contribution is -0.119. The highest BCUT2D eigenvalue weighted by molar-refractivity contribution is 5.95. The number of rotatable bonds is 3. The number of fused-ring (bicyclic) bond motifs is 1. The van der Waals surface area contributed by atoms with Crippen LogP contribution in [-0.4, -0.2) is 17.6 Å². The Morgan fingerprint density at radius 2 is 1.92 bits per heavy atom. The van der Waals surface area contributed by atoms with Crippen molar-refractivity contribution < 1.29 is 9.90 Å². The number of hydrogen-bond donors (Lipinski definition) is 2. The van der Waals surface area contributed by atoms with Gasteiger partial charge >= 0.3 is 0 Å². The Morgan fingerprint density at radius 3 is 2.62 bits per heavy atom. The molecule has 0 saturated carbocycles. The summed E-state index contributed by atoms with van der Waals surface area (Å²) in [5.74, 6) is 0.291. The van der Waals surface area contributed by atoms with Crippen molar-refractivity contribution in [1.29, 1.82) is 0 Å². The Bertz CT molecular complexity index is 747. The summed E-state index contributed by atoms with van der Waals surface area (Å²) in [4.78, 5) is 14.7. The van der Waals surface area contributed by atoms with Crippen molar-refractivity contribution in [2.75, 3.05) is 11.4 Å². The lowest BCUT2D eigenvalue weighted by Gasteiger charge is -2.30. The molecule has 3 rings (SSSR count). The van der Waals surface area contributed by atoms with Gasteiger partial charge in [0.2, 0.25) is 5.91 Å². The van der Waals surface area contributed by atoms with Crippen molar-refractivity contribution in [1.82, 2.24) is 0 Å². The smallest absolute Gasteiger partial charge is 0.228 e. The molecule has 3 N–H and O–H groups in total. The van der Waals surface area contributed by atoms with Gasteiger partial charge in [0.25, 0.3) is 0 Å². The quantitative estimate of drug-likeness (QED) is 0.909. The van der Waals surface area contributed by atoms with Gasteiger partial charge in [-0.2, -0.15) is 0 Å². The number of benzene rings is 2. The molecule has 0 aliphatic carbocycles. The number of nitrogens with zero attached hydrogens (tertiary/aromatic N) is 1. The van der Waals surface area contributed by atoms with Crippen LogP contribution in [0.1, 0.15) is 41.1 Å². The second-order valence-corrected chi connectivity index (χ2v) is 6.58. The van der Waals surface area contributed by atoms with Crippen LogP contribution in [0.5, 0.6) is 5.75 Å². The highest BCUT2D eigenvalue weighted by Gasteiger charge is 2.25. The molecular formula is C20H24N2O2. The van der Waals surface area contributed by atoms with Gasteiger partial charge in [-0.05, 0) is 67.1 Å². The van der Waals surface area contributed by atoms with Crippen molar-refractivity contribution in [3.63, 3.8) is 0 Å². The molecule has 0 fully saturated rings. The maximum absolute atomic E-state index is 12.8. The second kappa shape index (κ2) is 6.65. The maximum Gasteiger partial charge on any atom is 0.228 e. The minimum absolute atomic E-state index is 0.0570. The molecule has 1 heterocycles. The van der Waals surface area contributed by atoms with E-state index in [4.69, 9.17) is 5.73 Å². The largest absolute Gasteiger partial charge is 0.508 e. The van der Waals surface area contributed by atoms with Crippen molar-refractivity contribution in [3.8, 4) is 5.75 Å². The van der Waals surface area contributed by atoms with Crippen molar-refractivity contribution in [3.05, 3.63) is 58.7 Å². The Balaban J connectivity index is 1.81. The standard InChI is InChI=1S/C20H24N2O2/c1-13-10-16(23)11-14(2)20(13)17(21)12-19(24)22-9-5-7-15-6-3-4-8-18(15)22/h3-4,6,8,10-11,17,23H,5,7,9,12,21H2,1-2H3. The minimum atomic E-state index is -0.368. The van der Waals surface area contributed by atoms with Gasteiger partial charge in [-0.1, -0.05) is 18.2 Å². The Hall–Kier alpha value is -2.33. The Kier molecular flexibility index (Phi) is 4.58. The third-order valence-corrected chi connectivity index (χ3v) is 4.76. The zero-order valence-corrected chi connectivity index (χ0v) is 14.2. The molecule has 126 valence electrons. The molecule has 2 aromatic rings. The van der Waals surface area contributed by atoms with Gasteiger partial charge < -0.3 is 15.7 Å². The molecule has 1 amide bonds. The zero-order chi connectivity index (χ0) is 17.3. The second-order valence-electron chi connectivity index (χ2n) is 6.58. The van der Waals surface area contributed by atoms with E-state index in [0.29, 0.717) is 0 Å². The molecular weight excluding hydrogens is 300 g/mol. The number of phenolic OH excluding ortho intramolecular Hbond substituents is 1. The fraction of sp³-hybridized carbons (Fsp3) is 0.350.